The summed E-state index contributed by atoms with van der Waals surface area (Å²) < 4.78 is 31.3. The third kappa shape index (κ3) is 7.02. The zero-order valence-electron chi connectivity index (χ0n) is 21.6. The smallest absolute Gasteiger partial charge is 0.257 e. The number of likely N-dealkylation sites (N-methyl/N-ethyl adjacent to an activating group) is 1. The van der Waals surface area contributed by atoms with Crippen LogP contribution in [0.2, 0.25) is 0 Å². The summed E-state index contributed by atoms with van der Waals surface area (Å²) in [6, 6.07) is 11.6. The second-order valence-electron chi connectivity index (χ2n) is 9.31. The van der Waals surface area contributed by atoms with Crippen LogP contribution in [-0.4, -0.2) is 81.3 Å². The molecule has 0 saturated heterocycles. The Hall–Kier alpha value is -3.01. The van der Waals surface area contributed by atoms with Crippen LogP contribution < -0.4 is 10.1 Å². The molecule has 2 amide bonds. The molecule has 0 radical (unpaired) electrons. The van der Waals surface area contributed by atoms with Gasteiger partial charge in [-0.25, -0.2) is 4.39 Å². The van der Waals surface area contributed by atoms with E-state index in [0.717, 1.165) is 0 Å². The highest BCUT2D eigenvalue weighted by Gasteiger charge is 2.29. The number of anilines is 1. The monoisotopic (exact) mass is 501 g/mol. The van der Waals surface area contributed by atoms with E-state index in [1.165, 1.54) is 13.2 Å². The van der Waals surface area contributed by atoms with Crippen LogP contribution >= 0.6 is 0 Å². The van der Waals surface area contributed by atoms with Crippen LogP contribution in [0.1, 0.15) is 29.8 Å². The molecule has 3 rings (SSSR count). The molecule has 0 fully saturated rings. The SMILES string of the molecule is COCC(=O)Nc1ccc2c(c1)OC[C@H](C)N(Cc1ccccc1F)C[C@H](C)[C@@H](OC)CN(C)C2=O. The van der Waals surface area contributed by atoms with Crippen LogP contribution in [-0.2, 0) is 20.8 Å². The maximum atomic E-state index is 14.5. The van der Waals surface area contributed by atoms with E-state index in [0.29, 0.717) is 42.2 Å². The number of hydrogen-bond acceptors (Lipinski definition) is 6. The molecule has 0 unspecified atom stereocenters. The third-order valence-corrected chi connectivity index (χ3v) is 6.47. The highest BCUT2D eigenvalue weighted by atomic mass is 19.1. The van der Waals surface area contributed by atoms with Gasteiger partial charge in [-0.1, -0.05) is 25.1 Å². The molecule has 0 bridgehead atoms. The topological polar surface area (TPSA) is 80.3 Å². The Balaban J connectivity index is 1.94. The summed E-state index contributed by atoms with van der Waals surface area (Å²) in [5, 5.41) is 2.75. The molecule has 1 aliphatic heterocycles. The molecule has 0 spiro atoms. The maximum Gasteiger partial charge on any atom is 0.257 e. The van der Waals surface area contributed by atoms with Crippen molar-refractivity contribution >= 4 is 17.5 Å². The summed E-state index contributed by atoms with van der Waals surface area (Å²) in [5.74, 6) is -0.334. The number of hydrogen-bond donors (Lipinski definition) is 1. The fourth-order valence-corrected chi connectivity index (χ4v) is 4.32. The summed E-state index contributed by atoms with van der Waals surface area (Å²) in [6.07, 6.45) is -0.217. The van der Waals surface area contributed by atoms with Crippen molar-refractivity contribution < 1.29 is 28.2 Å². The Bertz CT molecular complexity index is 1050. The lowest BCUT2D eigenvalue weighted by atomic mass is 10.0. The van der Waals surface area contributed by atoms with Gasteiger partial charge in [-0.05, 0) is 31.0 Å². The van der Waals surface area contributed by atoms with E-state index >= 15 is 0 Å². The van der Waals surface area contributed by atoms with Gasteiger partial charge < -0.3 is 24.4 Å². The minimum Gasteiger partial charge on any atom is -0.491 e. The number of carbonyl (C=O) groups excluding carboxylic acids is 2. The number of fused-ring (bicyclic) bond motifs is 1. The highest BCUT2D eigenvalue weighted by Crippen LogP contribution is 2.27. The van der Waals surface area contributed by atoms with Crippen molar-refractivity contribution in [2.45, 2.75) is 32.5 Å². The van der Waals surface area contributed by atoms with E-state index in [1.54, 1.807) is 49.4 Å². The molecule has 3 atom stereocenters. The lowest BCUT2D eigenvalue weighted by Crippen LogP contribution is -2.46. The number of amides is 2. The summed E-state index contributed by atoms with van der Waals surface area (Å²) in [6.45, 7) is 5.68. The van der Waals surface area contributed by atoms with Crippen molar-refractivity contribution in [3.05, 3.63) is 59.4 Å². The number of rotatable bonds is 6. The van der Waals surface area contributed by atoms with Gasteiger partial charge >= 0.3 is 0 Å². The average molecular weight is 502 g/mol. The molecule has 2 aromatic rings. The maximum absolute atomic E-state index is 14.5. The molecule has 0 aliphatic carbocycles. The number of halogens is 1. The average Bonchev–Trinajstić information content (AvgIpc) is 2.85. The summed E-state index contributed by atoms with van der Waals surface area (Å²) in [4.78, 5) is 29.1. The number of methoxy groups -OCH3 is 2. The molecule has 1 aliphatic rings. The highest BCUT2D eigenvalue weighted by molar-refractivity contribution is 5.98. The molecular weight excluding hydrogens is 465 g/mol. The van der Waals surface area contributed by atoms with Crippen molar-refractivity contribution in [1.29, 1.82) is 0 Å². The number of nitrogens with zero attached hydrogens (tertiary/aromatic N) is 2. The zero-order valence-corrected chi connectivity index (χ0v) is 21.6. The summed E-state index contributed by atoms with van der Waals surface area (Å²) in [5.41, 5.74) is 1.49. The Morgan fingerprint density at radius 3 is 2.61 bits per heavy atom. The molecule has 1 N–H and O–H groups in total. The number of nitrogens with one attached hydrogen (secondary N) is 1. The van der Waals surface area contributed by atoms with Crippen LogP contribution in [0.5, 0.6) is 5.75 Å². The van der Waals surface area contributed by atoms with E-state index in [9.17, 15) is 14.0 Å². The van der Waals surface area contributed by atoms with E-state index in [-0.39, 0.29) is 48.9 Å². The van der Waals surface area contributed by atoms with E-state index in [4.69, 9.17) is 14.2 Å². The first-order valence-electron chi connectivity index (χ1n) is 12.0. The first kappa shape index (κ1) is 27.6. The zero-order chi connectivity index (χ0) is 26.2. The molecular formula is C27H36FN3O5. The lowest BCUT2D eigenvalue weighted by molar-refractivity contribution is -0.119. The summed E-state index contributed by atoms with van der Waals surface area (Å²) >= 11 is 0. The van der Waals surface area contributed by atoms with Gasteiger partial charge in [-0.15, -0.1) is 0 Å². The third-order valence-electron chi connectivity index (χ3n) is 6.47. The Morgan fingerprint density at radius 1 is 1.17 bits per heavy atom. The largest absolute Gasteiger partial charge is 0.491 e. The van der Waals surface area contributed by atoms with Gasteiger partial charge in [-0.2, -0.15) is 0 Å². The minimum atomic E-state index is -0.310. The molecule has 0 aromatic heterocycles. The van der Waals surface area contributed by atoms with Gasteiger partial charge in [0, 0.05) is 64.3 Å². The molecule has 196 valence electrons. The fraction of sp³-hybridized carbons (Fsp3) is 0.481. The lowest BCUT2D eigenvalue weighted by Gasteiger charge is -2.36. The standard InChI is InChI=1S/C27H36FN3O5/c1-18-13-31(14-20-8-6-7-9-23(20)28)19(2)16-36-24-12-21(29-26(32)17-34-4)10-11-22(24)27(33)30(3)15-25(18)35-5/h6-12,18-19,25H,13-17H2,1-5H3,(H,29,32)/t18-,19-,25-/m0/s1. The van der Waals surface area contributed by atoms with Gasteiger partial charge in [0.1, 0.15) is 24.8 Å². The van der Waals surface area contributed by atoms with Crippen LogP contribution in [0.4, 0.5) is 10.1 Å². The van der Waals surface area contributed by atoms with Crippen molar-refractivity contribution in [2.75, 3.05) is 52.9 Å². The normalized spacial score (nSPS) is 21.7. The van der Waals surface area contributed by atoms with Crippen molar-refractivity contribution in [1.82, 2.24) is 9.80 Å². The second kappa shape index (κ2) is 12.8. The van der Waals surface area contributed by atoms with Crippen molar-refractivity contribution in [3.63, 3.8) is 0 Å². The van der Waals surface area contributed by atoms with Crippen molar-refractivity contribution in [3.8, 4) is 5.75 Å². The van der Waals surface area contributed by atoms with Gasteiger partial charge in [0.25, 0.3) is 5.91 Å². The van der Waals surface area contributed by atoms with Crippen LogP contribution in [0.25, 0.3) is 0 Å². The van der Waals surface area contributed by atoms with Gasteiger partial charge in [-0.3, -0.25) is 14.5 Å². The molecule has 8 nitrogen and oxygen atoms in total. The van der Waals surface area contributed by atoms with Crippen LogP contribution in [0, 0.1) is 11.7 Å². The van der Waals surface area contributed by atoms with E-state index in [2.05, 4.69) is 17.1 Å². The van der Waals surface area contributed by atoms with Crippen molar-refractivity contribution in [2.24, 2.45) is 5.92 Å². The van der Waals surface area contributed by atoms with E-state index in [1.807, 2.05) is 13.0 Å². The molecule has 2 aromatic carbocycles. The Kier molecular flexibility index (Phi) is 9.81. The molecule has 9 heteroatoms. The molecule has 36 heavy (non-hydrogen) atoms. The quantitative estimate of drug-likeness (QED) is 0.654. The number of ether oxygens (including phenoxy) is 3. The van der Waals surface area contributed by atoms with Gasteiger partial charge in [0.2, 0.25) is 5.91 Å². The number of carbonyl (C=O) groups is 2. The predicted molar refractivity (Wildman–Crippen MR) is 136 cm³/mol. The second-order valence-corrected chi connectivity index (χ2v) is 9.31. The Morgan fingerprint density at radius 2 is 1.92 bits per heavy atom. The van der Waals surface area contributed by atoms with Crippen LogP contribution in [0.15, 0.2) is 42.5 Å². The minimum absolute atomic E-state index is 0.0664. The first-order chi connectivity index (χ1) is 17.2. The fourth-order valence-electron chi connectivity index (χ4n) is 4.32. The van der Waals surface area contributed by atoms with Crippen LogP contribution in [0.3, 0.4) is 0 Å². The molecule has 1 heterocycles. The van der Waals surface area contributed by atoms with Gasteiger partial charge in [0.15, 0.2) is 0 Å². The van der Waals surface area contributed by atoms with E-state index < -0.39 is 0 Å². The number of benzene rings is 2. The Labute approximate surface area is 212 Å². The molecule has 0 saturated carbocycles. The summed E-state index contributed by atoms with van der Waals surface area (Å²) in [7, 11) is 4.81. The predicted octanol–water partition coefficient (Wildman–Crippen LogP) is 3.42. The van der Waals surface area contributed by atoms with Gasteiger partial charge in [0.05, 0.1) is 11.7 Å². The first-order valence-corrected chi connectivity index (χ1v) is 12.0.